The van der Waals surface area contributed by atoms with E-state index in [1.807, 2.05) is 48.5 Å². The molecule has 0 N–H and O–H groups in total. The van der Waals surface area contributed by atoms with Crippen molar-refractivity contribution in [3.8, 4) is 0 Å². The largest absolute Gasteiger partial charge is 0.289 e. The van der Waals surface area contributed by atoms with E-state index in [0.29, 0.717) is 11.3 Å². The third-order valence-electron chi connectivity index (χ3n) is 3.00. The molecule has 0 bridgehead atoms. The van der Waals surface area contributed by atoms with Crippen LogP contribution in [0.2, 0.25) is 0 Å². The molecule has 3 rings (SSSR count). The van der Waals surface area contributed by atoms with Crippen molar-refractivity contribution in [3.63, 3.8) is 0 Å². The maximum absolute atomic E-state index is 12.1. The SMILES string of the molecule is O=C(/C=C/c1cnc2ccccc2n1)c1ccc(I)cc1. The van der Waals surface area contributed by atoms with Crippen LogP contribution in [0.4, 0.5) is 0 Å². The molecule has 0 aliphatic heterocycles. The zero-order valence-electron chi connectivity index (χ0n) is 11.0. The highest BCUT2D eigenvalue weighted by Gasteiger charge is 2.02. The first-order valence-corrected chi connectivity index (χ1v) is 7.50. The van der Waals surface area contributed by atoms with Crippen LogP contribution in [0.5, 0.6) is 0 Å². The summed E-state index contributed by atoms with van der Waals surface area (Å²) in [6, 6.07) is 15.1. The zero-order valence-corrected chi connectivity index (χ0v) is 13.2. The van der Waals surface area contributed by atoms with E-state index < -0.39 is 0 Å². The monoisotopic (exact) mass is 386 g/mol. The number of para-hydroxylation sites is 2. The first kappa shape index (κ1) is 13.9. The van der Waals surface area contributed by atoms with E-state index in [0.717, 1.165) is 14.6 Å². The zero-order chi connectivity index (χ0) is 14.7. The number of allylic oxidation sites excluding steroid dienone is 1. The Morgan fingerprint density at radius 3 is 2.48 bits per heavy atom. The van der Waals surface area contributed by atoms with Gasteiger partial charge in [-0.1, -0.05) is 24.3 Å². The van der Waals surface area contributed by atoms with E-state index in [-0.39, 0.29) is 5.78 Å². The standard InChI is InChI=1S/C17H11IN2O/c18-13-7-5-12(6-8-13)17(21)10-9-14-11-19-15-3-1-2-4-16(15)20-14/h1-11H/b10-9+. The van der Waals surface area contributed by atoms with Gasteiger partial charge in [-0.2, -0.15) is 0 Å². The summed E-state index contributed by atoms with van der Waals surface area (Å²) < 4.78 is 1.11. The Morgan fingerprint density at radius 2 is 1.71 bits per heavy atom. The topological polar surface area (TPSA) is 42.9 Å². The van der Waals surface area contributed by atoms with E-state index in [2.05, 4.69) is 32.6 Å². The van der Waals surface area contributed by atoms with Gasteiger partial charge in [0.15, 0.2) is 5.78 Å². The minimum Gasteiger partial charge on any atom is -0.289 e. The van der Waals surface area contributed by atoms with E-state index in [1.165, 1.54) is 6.08 Å². The van der Waals surface area contributed by atoms with Gasteiger partial charge in [-0.25, -0.2) is 4.98 Å². The van der Waals surface area contributed by atoms with Crippen molar-refractivity contribution in [3.05, 3.63) is 75.6 Å². The molecule has 0 unspecified atom stereocenters. The van der Waals surface area contributed by atoms with Crippen LogP contribution in [0.25, 0.3) is 17.1 Å². The van der Waals surface area contributed by atoms with Gasteiger partial charge < -0.3 is 0 Å². The first-order valence-electron chi connectivity index (χ1n) is 6.42. The normalized spacial score (nSPS) is 11.1. The summed E-state index contributed by atoms with van der Waals surface area (Å²) in [5.74, 6) is -0.0404. The number of fused-ring (bicyclic) bond motifs is 1. The molecule has 0 aliphatic carbocycles. The molecule has 102 valence electrons. The highest BCUT2D eigenvalue weighted by Crippen LogP contribution is 2.11. The minimum atomic E-state index is -0.0404. The van der Waals surface area contributed by atoms with Crippen LogP contribution in [0.3, 0.4) is 0 Å². The molecule has 0 spiro atoms. The fourth-order valence-corrected chi connectivity index (χ4v) is 2.28. The van der Waals surface area contributed by atoms with Crippen molar-refractivity contribution >= 4 is 45.5 Å². The highest BCUT2D eigenvalue weighted by atomic mass is 127. The summed E-state index contributed by atoms with van der Waals surface area (Å²) in [7, 11) is 0. The van der Waals surface area contributed by atoms with Gasteiger partial charge in [-0.15, -0.1) is 0 Å². The van der Waals surface area contributed by atoms with Crippen LogP contribution in [0, 0.1) is 3.57 Å². The van der Waals surface area contributed by atoms with Crippen molar-refractivity contribution in [2.75, 3.05) is 0 Å². The summed E-state index contributed by atoms with van der Waals surface area (Å²) in [4.78, 5) is 20.8. The molecule has 21 heavy (non-hydrogen) atoms. The van der Waals surface area contributed by atoms with Gasteiger partial charge in [-0.05, 0) is 59.0 Å². The second-order valence-electron chi connectivity index (χ2n) is 4.49. The average molecular weight is 386 g/mol. The van der Waals surface area contributed by atoms with Crippen molar-refractivity contribution in [1.82, 2.24) is 9.97 Å². The van der Waals surface area contributed by atoms with Crippen molar-refractivity contribution < 1.29 is 4.79 Å². The molecular formula is C17H11IN2O. The molecule has 3 aromatic rings. The van der Waals surface area contributed by atoms with Crippen molar-refractivity contribution in [2.45, 2.75) is 0 Å². The Labute approximate surface area is 135 Å². The van der Waals surface area contributed by atoms with Crippen LogP contribution >= 0.6 is 22.6 Å². The Morgan fingerprint density at radius 1 is 1.00 bits per heavy atom. The molecular weight excluding hydrogens is 375 g/mol. The van der Waals surface area contributed by atoms with Crippen LogP contribution < -0.4 is 0 Å². The lowest BCUT2D eigenvalue weighted by Crippen LogP contribution is -1.94. The molecule has 1 aromatic heterocycles. The molecule has 2 aromatic carbocycles. The molecule has 3 nitrogen and oxygen atoms in total. The van der Waals surface area contributed by atoms with Gasteiger partial charge in [-0.3, -0.25) is 9.78 Å². The third-order valence-corrected chi connectivity index (χ3v) is 3.72. The van der Waals surface area contributed by atoms with Gasteiger partial charge >= 0.3 is 0 Å². The van der Waals surface area contributed by atoms with Crippen molar-refractivity contribution in [2.24, 2.45) is 0 Å². The molecule has 0 saturated heterocycles. The molecule has 0 fully saturated rings. The number of hydrogen-bond donors (Lipinski definition) is 0. The second kappa shape index (κ2) is 6.13. The number of aromatic nitrogens is 2. The number of carbonyl (C=O) groups is 1. The molecule has 0 radical (unpaired) electrons. The molecule has 1 heterocycles. The van der Waals surface area contributed by atoms with E-state index in [4.69, 9.17) is 0 Å². The number of benzene rings is 2. The van der Waals surface area contributed by atoms with Crippen LogP contribution in [-0.2, 0) is 0 Å². The lowest BCUT2D eigenvalue weighted by Gasteiger charge is -1.98. The predicted octanol–water partition coefficient (Wildman–Crippen LogP) is 4.13. The summed E-state index contributed by atoms with van der Waals surface area (Å²) in [5, 5.41) is 0. The molecule has 0 atom stereocenters. The summed E-state index contributed by atoms with van der Waals surface area (Å²) in [6.45, 7) is 0. The number of halogens is 1. The van der Waals surface area contributed by atoms with E-state index in [1.54, 1.807) is 12.3 Å². The summed E-state index contributed by atoms with van der Waals surface area (Å²) in [5.41, 5.74) is 3.01. The Balaban J connectivity index is 1.83. The Hall–Kier alpha value is -2.08. The van der Waals surface area contributed by atoms with E-state index in [9.17, 15) is 4.79 Å². The van der Waals surface area contributed by atoms with Crippen LogP contribution in [-0.4, -0.2) is 15.8 Å². The molecule has 0 aliphatic rings. The van der Waals surface area contributed by atoms with Gasteiger partial charge in [0.1, 0.15) is 0 Å². The average Bonchev–Trinajstić information content (AvgIpc) is 2.53. The maximum Gasteiger partial charge on any atom is 0.185 e. The van der Waals surface area contributed by atoms with Crippen molar-refractivity contribution in [1.29, 1.82) is 0 Å². The smallest absolute Gasteiger partial charge is 0.185 e. The molecule has 4 heteroatoms. The number of hydrogen-bond acceptors (Lipinski definition) is 3. The van der Waals surface area contributed by atoms with Crippen LogP contribution in [0.1, 0.15) is 16.1 Å². The van der Waals surface area contributed by atoms with Gasteiger partial charge in [0, 0.05) is 9.13 Å². The van der Waals surface area contributed by atoms with Crippen LogP contribution in [0.15, 0.2) is 60.8 Å². The molecule has 0 saturated carbocycles. The molecule has 0 amide bonds. The number of nitrogens with zero attached hydrogens (tertiary/aromatic N) is 2. The number of carbonyl (C=O) groups excluding carboxylic acids is 1. The lowest BCUT2D eigenvalue weighted by atomic mass is 10.1. The first-order chi connectivity index (χ1) is 10.2. The highest BCUT2D eigenvalue weighted by molar-refractivity contribution is 14.1. The predicted molar refractivity (Wildman–Crippen MR) is 92.1 cm³/mol. The summed E-state index contributed by atoms with van der Waals surface area (Å²) >= 11 is 2.21. The summed E-state index contributed by atoms with van der Waals surface area (Å²) in [6.07, 6.45) is 4.89. The minimum absolute atomic E-state index is 0.0404. The third kappa shape index (κ3) is 3.33. The number of ketones is 1. The lowest BCUT2D eigenvalue weighted by molar-refractivity contribution is 0.104. The van der Waals surface area contributed by atoms with Gasteiger partial charge in [0.2, 0.25) is 0 Å². The van der Waals surface area contributed by atoms with E-state index >= 15 is 0 Å². The quantitative estimate of drug-likeness (QED) is 0.386. The van der Waals surface area contributed by atoms with Gasteiger partial charge in [0.25, 0.3) is 0 Å². The second-order valence-corrected chi connectivity index (χ2v) is 5.73. The maximum atomic E-state index is 12.1. The number of rotatable bonds is 3. The fraction of sp³-hybridized carbons (Fsp3) is 0. The fourth-order valence-electron chi connectivity index (χ4n) is 1.92. The Bertz CT molecular complexity index is 826. The van der Waals surface area contributed by atoms with Gasteiger partial charge in [0.05, 0.1) is 22.9 Å². The Kier molecular flexibility index (Phi) is 4.06.